The lowest BCUT2D eigenvalue weighted by Gasteiger charge is -2.28. The molecule has 2 aromatic carbocycles. The minimum atomic E-state index is -0.295. The minimum absolute atomic E-state index is 0.0620. The molecule has 0 saturated carbocycles. The molecule has 1 atom stereocenters. The van der Waals surface area contributed by atoms with Crippen molar-refractivity contribution in [3.05, 3.63) is 53.6 Å². The van der Waals surface area contributed by atoms with Gasteiger partial charge in [-0.1, -0.05) is 29.2 Å². The first kappa shape index (κ1) is 22.6. The number of hydrogen-bond acceptors (Lipinski definition) is 8. The molecular formula is C23H27N5O2S2. The van der Waals surface area contributed by atoms with Crippen LogP contribution in [0.25, 0.3) is 0 Å². The molecule has 0 radical (unpaired) electrons. The van der Waals surface area contributed by atoms with E-state index in [-0.39, 0.29) is 11.2 Å². The van der Waals surface area contributed by atoms with Crippen molar-refractivity contribution in [1.82, 2.24) is 10.2 Å². The Morgan fingerprint density at radius 3 is 2.50 bits per heavy atom. The summed E-state index contributed by atoms with van der Waals surface area (Å²) < 4.78 is 6.15. The van der Waals surface area contributed by atoms with Crippen molar-refractivity contribution < 1.29 is 9.53 Å². The topological polar surface area (TPSA) is 79.4 Å². The molecule has 3 aromatic rings. The van der Waals surface area contributed by atoms with Crippen molar-refractivity contribution in [2.24, 2.45) is 0 Å². The molecule has 2 N–H and O–H groups in total. The van der Waals surface area contributed by atoms with Crippen molar-refractivity contribution in [1.29, 1.82) is 0 Å². The van der Waals surface area contributed by atoms with Gasteiger partial charge in [-0.25, -0.2) is 0 Å². The molecule has 9 heteroatoms. The van der Waals surface area contributed by atoms with Gasteiger partial charge in [0.15, 0.2) is 4.34 Å². The van der Waals surface area contributed by atoms with Gasteiger partial charge in [-0.2, -0.15) is 0 Å². The van der Waals surface area contributed by atoms with Gasteiger partial charge < -0.3 is 20.3 Å². The first-order valence-corrected chi connectivity index (χ1v) is 12.3. The van der Waals surface area contributed by atoms with Crippen LogP contribution in [0.3, 0.4) is 0 Å². The fraction of sp³-hybridized carbons (Fsp3) is 0.348. The third-order valence-corrected chi connectivity index (χ3v) is 7.35. The van der Waals surface area contributed by atoms with E-state index < -0.39 is 0 Å². The summed E-state index contributed by atoms with van der Waals surface area (Å²) in [4.78, 5) is 14.9. The van der Waals surface area contributed by atoms with Gasteiger partial charge in [0.25, 0.3) is 0 Å². The van der Waals surface area contributed by atoms with Crippen LogP contribution in [-0.2, 0) is 9.53 Å². The van der Waals surface area contributed by atoms with Gasteiger partial charge in [0.1, 0.15) is 0 Å². The number of amides is 1. The molecule has 0 aliphatic carbocycles. The fourth-order valence-electron chi connectivity index (χ4n) is 3.28. The Labute approximate surface area is 196 Å². The number of anilines is 4. The van der Waals surface area contributed by atoms with Crippen LogP contribution in [0.5, 0.6) is 0 Å². The Hall–Kier alpha value is -2.62. The summed E-state index contributed by atoms with van der Waals surface area (Å²) in [6.45, 7) is 9.33. The van der Waals surface area contributed by atoms with E-state index in [0.29, 0.717) is 5.13 Å². The van der Waals surface area contributed by atoms with Gasteiger partial charge in [0.2, 0.25) is 11.0 Å². The number of carbonyl (C=O) groups is 1. The van der Waals surface area contributed by atoms with E-state index in [2.05, 4.69) is 51.7 Å². The second-order valence-electron chi connectivity index (χ2n) is 7.69. The highest BCUT2D eigenvalue weighted by Crippen LogP contribution is 2.31. The van der Waals surface area contributed by atoms with Crippen LogP contribution in [0.2, 0.25) is 0 Å². The van der Waals surface area contributed by atoms with E-state index in [4.69, 9.17) is 4.74 Å². The van der Waals surface area contributed by atoms with Crippen molar-refractivity contribution in [2.45, 2.75) is 30.4 Å². The number of aromatic nitrogens is 2. The summed E-state index contributed by atoms with van der Waals surface area (Å²) in [5, 5.41) is 15.1. The van der Waals surface area contributed by atoms with E-state index in [1.807, 2.05) is 37.3 Å². The molecule has 1 aromatic heterocycles. The third kappa shape index (κ3) is 5.79. The summed E-state index contributed by atoms with van der Waals surface area (Å²) >= 11 is 2.85. The molecule has 2 heterocycles. The molecular weight excluding hydrogens is 442 g/mol. The van der Waals surface area contributed by atoms with Crippen LogP contribution in [0.1, 0.15) is 18.1 Å². The molecule has 32 heavy (non-hydrogen) atoms. The Morgan fingerprint density at radius 1 is 1.06 bits per heavy atom. The zero-order chi connectivity index (χ0) is 22.5. The zero-order valence-electron chi connectivity index (χ0n) is 18.4. The van der Waals surface area contributed by atoms with Crippen LogP contribution in [0, 0.1) is 13.8 Å². The van der Waals surface area contributed by atoms with Crippen LogP contribution in [0.15, 0.2) is 46.8 Å². The predicted molar refractivity (Wildman–Crippen MR) is 133 cm³/mol. The van der Waals surface area contributed by atoms with Gasteiger partial charge >= 0.3 is 0 Å². The molecule has 1 saturated heterocycles. The lowest BCUT2D eigenvalue weighted by molar-refractivity contribution is -0.115. The maximum Gasteiger partial charge on any atom is 0.237 e. The Kier molecular flexibility index (Phi) is 7.29. The molecule has 0 bridgehead atoms. The van der Waals surface area contributed by atoms with Gasteiger partial charge in [0.05, 0.1) is 18.5 Å². The zero-order valence-corrected chi connectivity index (χ0v) is 20.1. The maximum absolute atomic E-state index is 12.7. The normalized spacial score (nSPS) is 14.8. The number of nitrogens with one attached hydrogen (secondary N) is 2. The number of aryl methyl sites for hydroxylation is 2. The second kappa shape index (κ2) is 10.3. The van der Waals surface area contributed by atoms with Crippen LogP contribution < -0.4 is 15.5 Å². The molecule has 1 aliphatic rings. The van der Waals surface area contributed by atoms with E-state index >= 15 is 0 Å². The van der Waals surface area contributed by atoms with Crippen LogP contribution in [-0.4, -0.2) is 47.7 Å². The van der Waals surface area contributed by atoms with Gasteiger partial charge in [-0.05, 0) is 68.3 Å². The van der Waals surface area contributed by atoms with E-state index in [1.165, 1.54) is 34.2 Å². The maximum atomic E-state index is 12.7. The third-order valence-electron chi connectivity index (χ3n) is 5.32. The SMILES string of the molecule is Cc1ccc(Nc2nnc(SC(C)C(=O)Nc3ccc(N4CCOCC4)cc3)s2)cc1C. The van der Waals surface area contributed by atoms with Crippen molar-refractivity contribution in [3.8, 4) is 0 Å². The number of carbonyl (C=O) groups excluding carboxylic acids is 1. The Bertz CT molecular complexity index is 1060. The Balaban J connectivity index is 1.30. The number of ether oxygens (including phenoxy) is 1. The molecule has 7 nitrogen and oxygen atoms in total. The average molecular weight is 470 g/mol. The number of morpholine rings is 1. The van der Waals surface area contributed by atoms with E-state index in [0.717, 1.165) is 47.7 Å². The smallest absolute Gasteiger partial charge is 0.237 e. The molecule has 0 spiro atoms. The summed E-state index contributed by atoms with van der Waals surface area (Å²) in [7, 11) is 0. The van der Waals surface area contributed by atoms with E-state index in [1.54, 1.807) is 0 Å². The van der Waals surface area contributed by atoms with Crippen molar-refractivity contribution >= 4 is 51.2 Å². The first-order valence-electron chi connectivity index (χ1n) is 10.6. The summed E-state index contributed by atoms with van der Waals surface area (Å²) in [5.41, 5.74) is 5.38. The standard InChI is InChI=1S/C23H27N5O2S2/c1-15-4-5-19(14-16(15)2)25-22-26-27-23(32-22)31-17(3)21(29)24-18-6-8-20(9-7-18)28-10-12-30-13-11-28/h4-9,14,17H,10-13H2,1-3H3,(H,24,29)(H,25,26). The number of hydrogen-bond donors (Lipinski definition) is 2. The lowest BCUT2D eigenvalue weighted by atomic mass is 10.1. The Morgan fingerprint density at radius 2 is 1.78 bits per heavy atom. The largest absolute Gasteiger partial charge is 0.378 e. The quantitative estimate of drug-likeness (QED) is 0.479. The molecule has 1 fully saturated rings. The summed E-state index contributed by atoms with van der Waals surface area (Å²) in [6.07, 6.45) is 0. The minimum Gasteiger partial charge on any atom is -0.378 e. The lowest BCUT2D eigenvalue weighted by Crippen LogP contribution is -2.36. The van der Waals surface area contributed by atoms with Crippen LogP contribution in [0.4, 0.5) is 22.2 Å². The van der Waals surface area contributed by atoms with Gasteiger partial charge in [0, 0.05) is 30.2 Å². The monoisotopic (exact) mass is 469 g/mol. The number of thioether (sulfide) groups is 1. The molecule has 1 aliphatic heterocycles. The highest BCUT2D eigenvalue weighted by Gasteiger charge is 2.18. The van der Waals surface area contributed by atoms with Gasteiger partial charge in [-0.3, -0.25) is 4.79 Å². The first-order chi connectivity index (χ1) is 15.5. The number of benzene rings is 2. The molecule has 1 unspecified atom stereocenters. The molecule has 1 amide bonds. The number of nitrogens with zero attached hydrogens (tertiary/aromatic N) is 3. The predicted octanol–water partition coefficient (Wildman–Crippen LogP) is 4.85. The van der Waals surface area contributed by atoms with Crippen LogP contribution >= 0.6 is 23.1 Å². The second-order valence-corrected chi connectivity index (χ2v) is 10.3. The van der Waals surface area contributed by atoms with E-state index in [9.17, 15) is 4.79 Å². The molecule has 4 rings (SSSR count). The number of rotatable bonds is 7. The van der Waals surface area contributed by atoms with Gasteiger partial charge in [-0.15, -0.1) is 10.2 Å². The van der Waals surface area contributed by atoms with Crippen molar-refractivity contribution in [3.63, 3.8) is 0 Å². The highest BCUT2D eigenvalue weighted by molar-refractivity contribution is 8.02. The average Bonchev–Trinajstić information content (AvgIpc) is 3.24. The highest BCUT2D eigenvalue weighted by atomic mass is 32.2. The molecule has 168 valence electrons. The summed E-state index contributed by atoms with van der Waals surface area (Å²) in [6, 6.07) is 14.1. The fourth-order valence-corrected chi connectivity index (χ4v) is 5.19. The summed E-state index contributed by atoms with van der Waals surface area (Å²) in [5.74, 6) is -0.0620. The van der Waals surface area contributed by atoms with Crippen molar-refractivity contribution in [2.75, 3.05) is 41.8 Å².